The van der Waals surface area contributed by atoms with Crippen molar-refractivity contribution in [3.8, 4) is 0 Å². The van der Waals surface area contributed by atoms with Crippen LogP contribution in [0.3, 0.4) is 0 Å². The number of hydrogen-bond acceptors (Lipinski definition) is 3. The first-order chi connectivity index (χ1) is 23.3. The molecule has 0 N–H and O–H groups in total. The molecule has 3 aliphatic rings. The SMILES string of the molecule is c1ccc([Si]2(c3ccccc3)c3ccccc3N(c3ccc4c(c3)B3c5ccccc5Sc5cccc(c53)S4)c3ccccc32)cc1. The Bertz CT molecular complexity index is 2240. The fourth-order valence-corrected chi connectivity index (χ4v) is 15.7. The average Bonchev–Trinajstić information content (AvgIpc) is 3.14. The van der Waals surface area contributed by atoms with E-state index in [1.165, 1.54) is 73.8 Å². The number of rotatable bonds is 3. The van der Waals surface area contributed by atoms with Gasteiger partial charge in [-0.05, 0) is 74.7 Å². The maximum atomic E-state index is 2.54. The second kappa shape index (κ2) is 10.7. The molecule has 0 spiro atoms. The Balaban J connectivity index is 1.23. The summed E-state index contributed by atoms with van der Waals surface area (Å²) in [7, 11) is -2.64. The second-order valence-electron chi connectivity index (χ2n) is 12.4. The lowest BCUT2D eigenvalue weighted by atomic mass is 9.36. The summed E-state index contributed by atoms with van der Waals surface area (Å²) in [5.74, 6) is 0. The summed E-state index contributed by atoms with van der Waals surface area (Å²) in [5.41, 5.74) is 8.03. The van der Waals surface area contributed by atoms with Crippen LogP contribution in [0.2, 0.25) is 0 Å². The maximum absolute atomic E-state index is 2.64. The number of fused-ring (bicyclic) bond motifs is 6. The molecule has 0 aliphatic carbocycles. The van der Waals surface area contributed by atoms with E-state index in [1.54, 1.807) is 0 Å². The number of para-hydroxylation sites is 2. The molecule has 7 aromatic carbocycles. The Kier molecular flexibility index (Phi) is 6.23. The Labute approximate surface area is 285 Å². The molecular weight excluding hydrogens is 622 g/mol. The van der Waals surface area contributed by atoms with Gasteiger partial charge in [0.05, 0.1) is 0 Å². The van der Waals surface area contributed by atoms with E-state index in [0.717, 1.165) is 0 Å². The van der Waals surface area contributed by atoms with Gasteiger partial charge in [-0.25, -0.2) is 0 Å². The average molecular weight is 650 g/mol. The molecule has 5 heteroatoms. The highest BCUT2D eigenvalue weighted by Gasteiger charge is 2.49. The molecule has 0 fully saturated rings. The summed E-state index contributed by atoms with van der Waals surface area (Å²) in [6.45, 7) is 0.215. The summed E-state index contributed by atoms with van der Waals surface area (Å²) in [4.78, 5) is 8.01. The molecule has 7 aromatic rings. The number of anilines is 3. The van der Waals surface area contributed by atoms with Crippen molar-refractivity contribution in [1.29, 1.82) is 0 Å². The fourth-order valence-electron chi connectivity index (χ4n) is 8.20. The highest BCUT2D eigenvalue weighted by molar-refractivity contribution is 8.01. The van der Waals surface area contributed by atoms with Crippen LogP contribution in [0, 0.1) is 0 Å². The molecule has 0 amide bonds. The minimum Gasteiger partial charge on any atom is -0.311 e. The van der Waals surface area contributed by atoms with Crippen LogP contribution in [-0.2, 0) is 0 Å². The smallest absolute Gasteiger partial charge is 0.247 e. The zero-order valence-corrected chi connectivity index (χ0v) is 28.1. The predicted molar refractivity (Wildman–Crippen MR) is 204 cm³/mol. The van der Waals surface area contributed by atoms with Crippen molar-refractivity contribution in [2.75, 3.05) is 4.90 Å². The van der Waals surface area contributed by atoms with E-state index in [-0.39, 0.29) is 6.71 Å². The van der Waals surface area contributed by atoms with E-state index in [0.29, 0.717) is 0 Å². The van der Waals surface area contributed by atoms with Crippen LogP contribution >= 0.6 is 23.5 Å². The van der Waals surface area contributed by atoms with Crippen molar-refractivity contribution in [3.63, 3.8) is 0 Å². The van der Waals surface area contributed by atoms with Crippen molar-refractivity contribution in [1.82, 2.24) is 0 Å². The first-order valence-corrected chi connectivity index (χ1v) is 19.8. The third-order valence-corrected chi connectivity index (χ3v) is 17.3. The Morgan fingerprint density at radius 2 is 0.936 bits per heavy atom. The highest BCUT2D eigenvalue weighted by Crippen LogP contribution is 2.42. The Morgan fingerprint density at radius 1 is 0.426 bits per heavy atom. The standard InChI is InChI=1S/C42H28BNS2Si/c1-3-14-30(15-4-1)47(31-16-5-2-6-17-31)40-24-11-8-19-34(40)44(35-20-9-12-25-41(35)47)29-26-27-37-33(28-29)43-32-18-7-10-21-36(32)45-38-22-13-23-39(46-37)42(38)43/h1-28H. The minimum absolute atomic E-state index is 0.215. The van der Waals surface area contributed by atoms with Crippen LogP contribution in [0.1, 0.15) is 0 Å². The predicted octanol–water partition coefficient (Wildman–Crippen LogP) is 6.29. The van der Waals surface area contributed by atoms with Gasteiger partial charge in [0.25, 0.3) is 0 Å². The molecule has 0 saturated carbocycles. The van der Waals surface area contributed by atoms with E-state index in [4.69, 9.17) is 0 Å². The van der Waals surface area contributed by atoms with Crippen molar-refractivity contribution in [3.05, 3.63) is 170 Å². The van der Waals surface area contributed by atoms with Gasteiger partial charge >= 0.3 is 0 Å². The molecule has 10 rings (SSSR count). The van der Waals surface area contributed by atoms with Gasteiger partial charge in [0.2, 0.25) is 6.71 Å². The van der Waals surface area contributed by atoms with E-state index in [1.807, 2.05) is 23.5 Å². The lowest BCUT2D eigenvalue weighted by molar-refractivity contribution is 1.27. The molecule has 0 saturated heterocycles. The molecule has 0 aromatic heterocycles. The van der Waals surface area contributed by atoms with E-state index in [2.05, 4.69) is 175 Å². The number of hydrogen-bond donors (Lipinski definition) is 0. The lowest BCUT2D eigenvalue weighted by Gasteiger charge is -2.45. The normalized spacial score (nSPS) is 14.7. The van der Waals surface area contributed by atoms with Crippen LogP contribution in [0.4, 0.5) is 17.1 Å². The Hall–Kier alpha value is -4.68. The molecule has 1 nitrogen and oxygen atoms in total. The molecular formula is C42H28BNS2Si. The van der Waals surface area contributed by atoms with Crippen molar-refractivity contribution >= 4 is 92.5 Å². The lowest BCUT2D eigenvalue weighted by Crippen LogP contribution is -2.77. The van der Waals surface area contributed by atoms with Gasteiger partial charge in [-0.3, -0.25) is 0 Å². The molecule has 47 heavy (non-hydrogen) atoms. The van der Waals surface area contributed by atoms with E-state index in [9.17, 15) is 0 Å². The molecule has 220 valence electrons. The maximum Gasteiger partial charge on any atom is 0.247 e. The van der Waals surface area contributed by atoms with Gasteiger partial charge in [-0.1, -0.05) is 156 Å². The van der Waals surface area contributed by atoms with Gasteiger partial charge in [0.1, 0.15) is 0 Å². The largest absolute Gasteiger partial charge is 0.311 e. The molecule has 0 atom stereocenters. The van der Waals surface area contributed by atoms with Gasteiger partial charge in [0.15, 0.2) is 8.07 Å². The van der Waals surface area contributed by atoms with Crippen LogP contribution in [0.15, 0.2) is 189 Å². The second-order valence-corrected chi connectivity index (χ2v) is 18.3. The molecule has 0 radical (unpaired) electrons. The monoisotopic (exact) mass is 649 g/mol. The van der Waals surface area contributed by atoms with Crippen LogP contribution in [0.5, 0.6) is 0 Å². The topological polar surface area (TPSA) is 3.24 Å². The van der Waals surface area contributed by atoms with Gasteiger partial charge < -0.3 is 4.90 Å². The summed E-state index contributed by atoms with van der Waals surface area (Å²) in [6.07, 6.45) is 0. The van der Waals surface area contributed by atoms with Crippen molar-refractivity contribution in [2.45, 2.75) is 19.6 Å². The number of nitrogens with zero attached hydrogens (tertiary/aromatic N) is 1. The zero-order valence-electron chi connectivity index (χ0n) is 25.5. The van der Waals surface area contributed by atoms with Crippen molar-refractivity contribution in [2.24, 2.45) is 0 Å². The first-order valence-electron chi connectivity index (χ1n) is 16.1. The third kappa shape index (κ3) is 3.94. The summed E-state index contributed by atoms with van der Waals surface area (Å²) in [5, 5.41) is 5.67. The molecule has 0 bridgehead atoms. The minimum atomic E-state index is -2.64. The fraction of sp³-hybridized carbons (Fsp3) is 0. The summed E-state index contributed by atoms with van der Waals surface area (Å²) < 4.78 is 0. The van der Waals surface area contributed by atoms with Crippen LogP contribution in [-0.4, -0.2) is 14.8 Å². The van der Waals surface area contributed by atoms with Crippen molar-refractivity contribution < 1.29 is 0 Å². The molecule has 3 heterocycles. The quantitative estimate of drug-likeness (QED) is 0.207. The van der Waals surface area contributed by atoms with Gasteiger partial charge in [-0.2, -0.15) is 0 Å². The van der Waals surface area contributed by atoms with Crippen LogP contribution < -0.4 is 42.0 Å². The zero-order chi connectivity index (χ0) is 31.0. The van der Waals surface area contributed by atoms with Gasteiger partial charge in [-0.15, -0.1) is 0 Å². The summed E-state index contributed by atoms with van der Waals surface area (Å²) >= 11 is 3.83. The highest BCUT2D eigenvalue weighted by atomic mass is 32.2. The van der Waals surface area contributed by atoms with Crippen LogP contribution in [0.25, 0.3) is 0 Å². The first kappa shape index (κ1) is 27.4. The Morgan fingerprint density at radius 3 is 1.57 bits per heavy atom. The third-order valence-electron chi connectivity index (χ3n) is 10.1. The van der Waals surface area contributed by atoms with Gasteiger partial charge in [0, 0.05) is 36.6 Å². The molecule has 3 aliphatic heterocycles. The molecule has 0 unspecified atom stereocenters. The summed E-state index contributed by atoms with van der Waals surface area (Å²) in [6, 6.07) is 63.9. The number of benzene rings is 7. The van der Waals surface area contributed by atoms with E-state index < -0.39 is 8.07 Å². The van der Waals surface area contributed by atoms with E-state index >= 15 is 0 Å².